The summed E-state index contributed by atoms with van der Waals surface area (Å²) in [5.41, 5.74) is 1.70. The Kier molecular flexibility index (Phi) is 3.04. The van der Waals surface area contributed by atoms with E-state index in [0.717, 1.165) is 0 Å². The van der Waals surface area contributed by atoms with Crippen LogP contribution in [0.25, 0.3) is 22.8 Å². The standard InChI is InChI=1S/C14H10N4O3/c1-20-12-5-8(2-3-11(12)19)13-17-14(21-18-13)9-4-10(6-15)16-7-9/h2-5,7,16,19H,1H3. The van der Waals surface area contributed by atoms with Gasteiger partial charge >= 0.3 is 0 Å². The summed E-state index contributed by atoms with van der Waals surface area (Å²) in [7, 11) is 1.46. The molecule has 0 aliphatic heterocycles. The highest BCUT2D eigenvalue weighted by molar-refractivity contribution is 5.63. The van der Waals surface area contributed by atoms with E-state index in [-0.39, 0.29) is 5.75 Å². The number of aromatic nitrogens is 3. The van der Waals surface area contributed by atoms with Crippen molar-refractivity contribution in [1.29, 1.82) is 5.26 Å². The third kappa shape index (κ3) is 2.30. The van der Waals surface area contributed by atoms with Gasteiger partial charge in [0.05, 0.1) is 12.7 Å². The van der Waals surface area contributed by atoms with Gasteiger partial charge in [0.2, 0.25) is 5.82 Å². The van der Waals surface area contributed by atoms with Crippen LogP contribution < -0.4 is 4.74 Å². The first-order valence-corrected chi connectivity index (χ1v) is 6.01. The second kappa shape index (κ2) is 5.02. The lowest BCUT2D eigenvalue weighted by Crippen LogP contribution is -1.86. The summed E-state index contributed by atoms with van der Waals surface area (Å²) in [5.74, 6) is 1.03. The zero-order valence-corrected chi connectivity index (χ0v) is 11.0. The lowest BCUT2D eigenvalue weighted by Gasteiger charge is -2.03. The van der Waals surface area contributed by atoms with Gasteiger partial charge in [0.15, 0.2) is 11.5 Å². The molecule has 3 aromatic rings. The van der Waals surface area contributed by atoms with Gasteiger partial charge in [-0.3, -0.25) is 0 Å². The van der Waals surface area contributed by atoms with Crippen LogP contribution in [0.4, 0.5) is 0 Å². The molecule has 0 amide bonds. The maximum atomic E-state index is 9.57. The van der Waals surface area contributed by atoms with E-state index < -0.39 is 0 Å². The van der Waals surface area contributed by atoms with Crippen LogP contribution >= 0.6 is 0 Å². The molecule has 21 heavy (non-hydrogen) atoms. The first-order valence-electron chi connectivity index (χ1n) is 6.01. The van der Waals surface area contributed by atoms with E-state index in [4.69, 9.17) is 14.5 Å². The predicted octanol–water partition coefficient (Wildman–Crippen LogP) is 2.32. The summed E-state index contributed by atoms with van der Waals surface area (Å²) < 4.78 is 10.2. The molecule has 7 nitrogen and oxygen atoms in total. The number of hydrogen-bond donors (Lipinski definition) is 2. The number of rotatable bonds is 3. The van der Waals surface area contributed by atoms with Crippen molar-refractivity contribution in [2.75, 3.05) is 7.11 Å². The lowest BCUT2D eigenvalue weighted by molar-refractivity contribution is 0.373. The minimum atomic E-state index is 0.0364. The van der Waals surface area contributed by atoms with Gasteiger partial charge in [-0.05, 0) is 24.3 Å². The Labute approximate surface area is 119 Å². The molecular weight excluding hydrogens is 272 g/mol. The van der Waals surface area contributed by atoms with Crippen molar-refractivity contribution in [3.05, 3.63) is 36.2 Å². The van der Waals surface area contributed by atoms with Crippen molar-refractivity contribution >= 4 is 0 Å². The molecule has 0 aliphatic carbocycles. The average molecular weight is 282 g/mol. The molecule has 0 fully saturated rings. The Balaban J connectivity index is 1.96. The van der Waals surface area contributed by atoms with Crippen LogP contribution in [0.1, 0.15) is 5.69 Å². The van der Waals surface area contributed by atoms with Gasteiger partial charge in [0, 0.05) is 11.8 Å². The summed E-state index contributed by atoms with van der Waals surface area (Å²) in [5, 5.41) is 22.2. The Morgan fingerprint density at radius 3 is 2.90 bits per heavy atom. The molecule has 0 spiro atoms. The number of benzene rings is 1. The Morgan fingerprint density at radius 2 is 2.19 bits per heavy atom. The monoisotopic (exact) mass is 282 g/mol. The largest absolute Gasteiger partial charge is 0.504 e. The van der Waals surface area contributed by atoms with Crippen LogP contribution in [0.15, 0.2) is 35.0 Å². The van der Waals surface area contributed by atoms with Crippen LogP contribution in [-0.4, -0.2) is 27.3 Å². The van der Waals surface area contributed by atoms with Gasteiger partial charge in [0.1, 0.15) is 11.8 Å². The number of H-pyrrole nitrogens is 1. The molecule has 0 aliphatic rings. The van der Waals surface area contributed by atoms with Gasteiger partial charge < -0.3 is 19.4 Å². The normalized spacial score (nSPS) is 10.3. The molecule has 0 bridgehead atoms. The summed E-state index contributed by atoms with van der Waals surface area (Å²) in [6.45, 7) is 0. The number of nitriles is 1. The zero-order chi connectivity index (χ0) is 14.8. The number of phenols is 1. The molecular formula is C14H10N4O3. The highest BCUT2D eigenvalue weighted by atomic mass is 16.5. The minimum Gasteiger partial charge on any atom is -0.504 e. The van der Waals surface area contributed by atoms with Crippen molar-refractivity contribution in [1.82, 2.24) is 15.1 Å². The fourth-order valence-corrected chi connectivity index (χ4v) is 1.86. The van der Waals surface area contributed by atoms with E-state index in [1.807, 2.05) is 6.07 Å². The number of nitrogens with one attached hydrogen (secondary N) is 1. The number of phenolic OH excluding ortho intramolecular Hbond substituents is 1. The predicted molar refractivity (Wildman–Crippen MR) is 72.5 cm³/mol. The van der Waals surface area contributed by atoms with Gasteiger partial charge in [0.25, 0.3) is 5.89 Å². The van der Waals surface area contributed by atoms with Crippen molar-refractivity contribution in [3.63, 3.8) is 0 Å². The molecule has 0 unspecified atom stereocenters. The maximum Gasteiger partial charge on any atom is 0.259 e. The minimum absolute atomic E-state index is 0.0364. The van der Waals surface area contributed by atoms with Gasteiger partial charge in [-0.15, -0.1) is 0 Å². The van der Waals surface area contributed by atoms with Gasteiger partial charge in [-0.25, -0.2) is 0 Å². The quantitative estimate of drug-likeness (QED) is 0.763. The number of methoxy groups -OCH3 is 1. The fourth-order valence-electron chi connectivity index (χ4n) is 1.86. The van der Waals surface area contributed by atoms with Crippen LogP contribution in [-0.2, 0) is 0 Å². The molecule has 1 aromatic carbocycles. The second-order valence-corrected chi connectivity index (χ2v) is 4.22. The number of aromatic hydroxyl groups is 1. The molecule has 104 valence electrons. The van der Waals surface area contributed by atoms with Crippen LogP contribution in [0.3, 0.4) is 0 Å². The van der Waals surface area contributed by atoms with Crippen molar-refractivity contribution in [3.8, 4) is 40.4 Å². The van der Waals surface area contributed by atoms with Gasteiger partial charge in [-0.2, -0.15) is 10.2 Å². The summed E-state index contributed by atoms with van der Waals surface area (Å²) in [6, 6.07) is 8.37. The molecule has 7 heteroatoms. The Bertz CT molecular complexity index is 829. The van der Waals surface area contributed by atoms with E-state index in [9.17, 15) is 5.11 Å². The maximum absolute atomic E-state index is 9.57. The van der Waals surface area contributed by atoms with Gasteiger partial charge in [-0.1, -0.05) is 5.16 Å². The number of aromatic amines is 1. The molecule has 0 saturated carbocycles. The molecule has 0 saturated heterocycles. The van der Waals surface area contributed by atoms with Crippen molar-refractivity contribution in [2.45, 2.75) is 0 Å². The number of ether oxygens (including phenoxy) is 1. The zero-order valence-electron chi connectivity index (χ0n) is 11.0. The Hall–Kier alpha value is -3.27. The fraction of sp³-hybridized carbons (Fsp3) is 0.0714. The second-order valence-electron chi connectivity index (χ2n) is 4.22. The molecule has 2 heterocycles. The summed E-state index contributed by atoms with van der Waals surface area (Å²) in [6.07, 6.45) is 1.62. The highest BCUT2D eigenvalue weighted by Crippen LogP contribution is 2.31. The van der Waals surface area contributed by atoms with E-state index in [2.05, 4.69) is 15.1 Å². The van der Waals surface area contributed by atoms with E-state index >= 15 is 0 Å². The van der Waals surface area contributed by atoms with E-state index in [1.54, 1.807) is 24.4 Å². The van der Waals surface area contributed by atoms with Crippen molar-refractivity contribution in [2.24, 2.45) is 0 Å². The Morgan fingerprint density at radius 1 is 1.33 bits per heavy atom. The highest BCUT2D eigenvalue weighted by Gasteiger charge is 2.13. The van der Waals surface area contributed by atoms with Crippen LogP contribution in [0, 0.1) is 11.3 Å². The third-order valence-corrected chi connectivity index (χ3v) is 2.91. The molecule has 2 aromatic heterocycles. The molecule has 2 N–H and O–H groups in total. The molecule has 3 rings (SSSR count). The average Bonchev–Trinajstić information content (AvgIpc) is 3.16. The third-order valence-electron chi connectivity index (χ3n) is 2.91. The summed E-state index contributed by atoms with van der Waals surface area (Å²) >= 11 is 0. The SMILES string of the molecule is COc1cc(-c2noc(-c3c[nH]c(C#N)c3)n2)ccc1O. The first-order chi connectivity index (χ1) is 10.2. The van der Waals surface area contributed by atoms with E-state index in [1.165, 1.54) is 13.2 Å². The number of nitrogens with zero attached hydrogens (tertiary/aromatic N) is 3. The van der Waals surface area contributed by atoms with E-state index in [0.29, 0.717) is 34.3 Å². The lowest BCUT2D eigenvalue weighted by atomic mass is 10.2. The topological polar surface area (TPSA) is 108 Å². The summed E-state index contributed by atoms with van der Waals surface area (Å²) in [4.78, 5) is 7.05. The smallest absolute Gasteiger partial charge is 0.259 e. The number of hydrogen-bond acceptors (Lipinski definition) is 6. The first kappa shape index (κ1) is 12.7. The van der Waals surface area contributed by atoms with Crippen LogP contribution in [0.2, 0.25) is 0 Å². The molecule has 0 atom stereocenters. The van der Waals surface area contributed by atoms with Crippen LogP contribution in [0.5, 0.6) is 11.5 Å². The molecule has 0 radical (unpaired) electrons. The van der Waals surface area contributed by atoms with Crippen molar-refractivity contribution < 1.29 is 14.4 Å².